The van der Waals surface area contributed by atoms with Gasteiger partial charge in [-0.1, -0.05) is 51.9 Å². The van der Waals surface area contributed by atoms with E-state index in [1.165, 1.54) is 43.4 Å². The summed E-state index contributed by atoms with van der Waals surface area (Å²) in [6.07, 6.45) is 6.33. The van der Waals surface area contributed by atoms with E-state index < -0.39 is 24.6 Å². The zero-order chi connectivity index (χ0) is 20.6. The van der Waals surface area contributed by atoms with E-state index in [1.807, 2.05) is 0 Å². The van der Waals surface area contributed by atoms with Crippen molar-refractivity contribution in [2.75, 3.05) is 19.6 Å². The van der Waals surface area contributed by atoms with Crippen molar-refractivity contribution in [3.63, 3.8) is 0 Å². The molecule has 2 rings (SSSR count). The minimum Gasteiger partial charge on any atom is -0.380 e. The van der Waals surface area contributed by atoms with Crippen molar-refractivity contribution in [2.24, 2.45) is 5.92 Å². The number of hydrogen-bond donors (Lipinski definition) is 2. The highest BCUT2D eigenvalue weighted by Gasteiger charge is 2.55. The number of nitrogens with one attached hydrogen (secondary N) is 1. The van der Waals surface area contributed by atoms with Crippen LogP contribution in [-0.2, 0) is 4.79 Å². The molecule has 1 saturated carbocycles. The third kappa shape index (κ3) is 6.90. The normalized spacial score (nSPS) is 21.0. The number of hydrogen-bond acceptors (Lipinski definition) is 3. The molecule has 0 aromatic carbocycles. The molecule has 0 aromatic rings. The van der Waals surface area contributed by atoms with E-state index in [0.717, 1.165) is 32.2 Å². The summed E-state index contributed by atoms with van der Waals surface area (Å²) in [7, 11) is 0. The summed E-state index contributed by atoms with van der Waals surface area (Å²) in [4.78, 5) is 14.3. The molecule has 1 atom stereocenters. The molecule has 7 heteroatoms. The predicted octanol–water partition coefficient (Wildman–Crippen LogP) is 4.41. The second-order valence-corrected chi connectivity index (χ2v) is 8.60. The number of halogens is 3. The summed E-state index contributed by atoms with van der Waals surface area (Å²) in [6.45, 7) is 2.93. The third-order valence-electron chi connectivity index (χ3n) is 6.18. The third-order valence-corrected chi connectivity index (χ3v) is 6.18. The van der Waals surface area contributed by atoms with Gasteiger partial charge < -0.3 is 15.3 Å². The fourth-order valence-electron chi connectivity index (χ4n) is 3.98. The van der Waals surface area contributed by atoms with Crippen molar-refractivity contribution in [2.45, 2.75) is 102 Å². The van der Waals surface area contributed by atoms with Crippen LogP contribution in [0.25, 0.3) is 0 Å². The van der Waals surface area contributed by atoms with Crippen LogP contribution in [-0.4, -0.2) is 53.4 Å². The Morgan fingerprint density at radius 3 is 2.11 bits per heavy atom. The largest absolute Gasteiger partial charge is 0.417 e. The minimum atomic E-state index is -4.63. The molecule has 0 spiro atoms. The summed E-state index contributed by atoms with van der Waals surface area (Å²) < 4.78 is 38.8. The lowest BCUT2D eigenvalue weighted by atomic mass is 9.90. The number of piperidine rings is 1. The van der Waals surface area contributed by atoms with Crippen LogP contribution in [0.4, 0.5) is 13.2 Å². The molecule has 0 unspecified atom stereocenters. The van der Waals surface area contributed by atoms with Gasteiger partial charge in [0.15, 0.2) is 5.60 Å². The topological polar surface area (TPSA) is 52.6 Å². The molecule has 1 aliphatic carbocycles. The van der Waals surface area contributed by atoms with Gasteiger partial charge in [0.25, 0.3) is 0 Å². The first-order chi connectivity index (χ1) is 13.3. The quantitative estimate of drug-likeness (QED) is 0.472. The highest BCUT2D eigenvalue weighted by atomic mass is 19.4. The molecular formula is C21H37F3N2O2. The number of nitrogens with zero attached hydrogens (tertiary/aromatic N) is 1. The molecule has 2 N–H and O–H groups in total. The van der Waals surface area contributed by atoms with Crippen molar-refractivity contribution in [1.82, 2.24) is 10.2 Å². The van der Waals surface area contributed by atoms with Crippen molar-refractivity contribution in [3.05, 3.63) is 0 Å². The summed E-state index contributed by atoms with van der Waals surface area (Å²) in [5.41, 5.74) is -2.65. The zero-order valence-corrected chi connectivity index (χ0v) is 17.2. The van der Waals surface area contributed by atoms with Crippen LogP contribution >= 0.6 is 0 Å². The zero-order valence-electron chi connectivity index (χ0n) is 17.2. The van der Waals surface area contributed by atoms with E-state index in [1.54, 1.807) is 0 Å². The van der Waals surface area contributed by atoms with E-state index in [-0.39, 0.29) is 25.0 Å². The lowest BCUT2D eigenvalue weighted by Crippen LogP contribution is -2.57. The maximum absolute atomic E-state index is 12.9. The van der Waals surface area contributed by atoms with Crippen molar-refractivity contribution in [3.8, 4) is 0 Å². The van der Waals surface area contributed by atoms with Gasteiger partial charge in [-0.25, -0.2) is 0 Å². The van der Waals surface area contributed by atoms with Crippen molar-refractivity contribution in [1.29, 1.82) is 0 Å². The number of rotatable bonds is 12. The number of aliphatic hydroxyl groups is 1. The molecule has 164 valence electrons. The number of likely N-dealkylation sites (tertiary alicyclic amines) is 1. The van der Waals surface area contributed by atoms with Crippen LogP contribution < -0.4 is 5.32 Å². The average Bonchev–Trinajstić information content (AvgIpc) is 3.48. The van der Waals surface area contributed by atoms with Gasteiger partial charge >= 0.3 is 6.18 Å². The molecular weight excluding hydrogens is 369 g/mol. The molecule has 0 radical (unpaired) electrons. The van der Waals surface area contributed by atoms with Gasteiger partial charge in [0.1, 0.15) is 0 Å². The average molecular weight is 407 g/mol. The van der Waals surface area contributed by atoms with Crippen molar-refractivity contribution >= 4 is 5.91 Å². The summed E-state index contributed by atoms with van der Waals surface area (Å²) in [5, 5.41) is 13.1. The second-order valence-electron chi connectivity index (χ2n) is 8.60. The minimum absolute atomic E-state index is 0.0303. The van der Waals surface area contributed by atoms with Crippen LogP contribution in [0.1, 0.15) is 84.0 Å². The highest BCUT2D eigenvalue weighted by molar-refractivity contribution is 5.82. The van der Waals surface area contributed by atoms with Crippen LogP contribution in [0.5, 0.6) is 0 Å². The van der Waals surface area contributed by atoms with Crippen LogP contribution in [0.2, 0.25) is 0 Å². The van der Waals surface area contributed by atoms with Gasteiger partial charge in [0, 0.05) is 25.9 Å². The van der Waals surface area contributed by atoms with E-state index in [2.05, 4.69) is 12.2 Å². The Labute approximate surface area is 167 Å². The molecule has 1 saturated heterocycles. The Hall–Kier alpha value is -0.820. The maximum atomic E-state index is 12.9. The molecule has 28 heavy (non-hydrogen) atoms. The smallest absolute Gasteiger partial charge is 0.380 e. The van der Waals surface area contributed by atoms with Crippen LogP contribution in [0.3, 0.4) is 0 Å². The monoisotopic (exact) mass is 406 g/mol. The lowest BCUT2D eigenvalue weighted by Gasteiger charge is -2.40. The summed E-state index contributed by atoms with van der Waals surface area (Å²) in [6, 6.07) is -0.276. The highest BCUT2D eigenvalue weighted by Crippen LogP contribution is 2.39. The molecule has 1 aliphatic heterocycles. The van der Waals surface area contributed by atoms with Gasteiger partial charge in [-0.15, -0.1) is 0 Å². The van der Waals surface area contributed by atoms with Gasteiger partial charge in [0.05, 0.1) is 6.04 Å². The Kier molecular flexibility index (Phi) is 9.06. The first-order valence-electron chi connectivity index (χ1n) is 11.1. The predicted molar refractivity (Wildman–Crippen MR) is 104 cm³/mol. The fraction of sp³-hybridized carbons (Fsp3) is 0.952. The molecule has 0 bridgehead atoms. The fourth-order valence-corrected chi connectivity index (χ4v) is 3.98. The van der Waals surface area contributed by atoms with E-state index in [9.17, 15) is 23.1 Å². The standard InChI is InChI=1S/C21H37F3N2O2/c1-2-3-4-5-6-7-8-9-14-25-18(17-10-11-17)19(27)26-15-12-20(28,13-16-26)21(22,23)24/h17-18,25,28H,2-16H2,1H3/t18-/m1/s1. The number of amides is 1. The number of alkyl halides is 3. The van der Waals surface area contributed by atoms with Crippen molar-refractivity contribution < 1.29 is 23.1 Å². The molecule has 4 nitrogen and oxygen atoms in total. The molecule has 2 aliphatic rings. The molecule has 2 fully saturated rings. The van der Waals surface area contributed by atoms with Gasteiger partial charge in [-0.2, -0.15) is 13.2 Å². The summed E-state index contributed by atoms with van der Waals surface area (Å²) >= 11 is 0. The maximum Gasteiger partial charge on any atom is 0.417 e. The number of carbonyl (C=O) groups is 1. The second kappa shape index (κ2) is 10.8. The molecule has 1 amide bonds. The van der Waals surface area contributed by atoms with Crippen LogP contribution in [0, 0.1) is 5.92 Å². The van der Waals surface area contributed by atoms with Gasteiger partial charge in [-0.3, -0.25) is 4.79 Å². The Bertz CT molecular complexity index is 473. The first-order valence-corrected chi connectivity index (χ1v) is 11.1. The Balaban J connectivity index is 1.67. The van der Waals surface area contributed by atoms with E-state index in [0.29, 0.717) is 5.92 Å². The Morgan fingerprint density at radius 2 is 1.61 bits per heavy atom. The lowest BCUT2D eigenvalue weighted by molar-refractivity contribution is -0.272. The molecule has 0 aromatic heterocycles. The SMILES string of the molecule is CCCCCCCCCCN[C@@H](C(=O)N1CCC(O)(C(F)(F)F)CC1)C1CC1. The first kappa shape index (κ1) is 23.5. The summed E-state index contributed by atoms with van der Waals surface area (Å²) in [5.74, 6) is 0.219. The van der Waals surface area contributed by atoms with E-state index >= 15 is 0 Å². The molecule has 1 heterocycles. The van der Waals surface area contributed by atoms with Gasteiger partial charge in [0.2, 0.25) is 5.91 Å². The van der Waals surface area contributed by atoms with Gasteiger partial charge in [-0.05, 0) is 31.7 Å². The number of carbonyl (C=O) groups excluding carboxylic acids is 1. The van der Waals surface area contributed by atoms with Crippen LogP contribution in [0.15, 0.2) is 0 Å². The Morgan fingerprint density at radius 1 is 1.07 bits per heavy atom. The van der Waals surface area contributed by atoms with E-state index in [4.69, 9.17) is 0 Å². The number of unbranched alkanes of at least 4 members (excludes halogenated alkanes) is 7.